The molecule has 11 heteroatoms. The number of amides is 2. The third kappa shape index (κ3) is 5.52. The molecule has 2 aromatic carbocycles. The Kier molecular flexibility index (Phi) is 7.00. The zero-order valence-corrected chi connectivity index (χ0v) is 18.1. The van der Waals surface area contributed by atoms with Gasteiger partial charge in [-0.25, -0.2) is 0 Å². The number of carbonyl (C=O) groups is 3. The van der Waals surface area contributed by atoms with Crippen LogP contribution >= 0.6 is 23.2 Å². The lowest BCUT2D eigenvalue weighted by Crippen LogP contribution is -2.28. The monoisotopic (exact) mass is 488 g/mol. The van der Waals surface area contributed by atoms with Gasteiger partial charge in [0.1, 0.15) is 0 Å². The van der Waals surface area contributed by atoms with E-state index in [1.807, 2.05) is 6.92 Å². The van der Waals surface area contributed by atoms with Crippen LogP contribution < -0.4 is 10.2 Å². The molecule has 0 aliphatic carbocycles. The molecule has 170 valence electrons. The Hall–Kier alpha value is -2.78. The fourth-order valence-corrected chi connectivity index (χ4v) is 3.44. The van der Waals surface area contributed by atoms with E-state index < -0.39 is 36.1 Å². The van der Waals surface area contributed by atoms with Crippen LogP contribution in [0.25, 0.3) is 0 Å². The Morgan fingerprint density at radius 2 is 1.88 bits per heavy atom. The molecule has 32 heavy (non-hydrogen) atoms. The number of nitrogens with zero attached hydrogens (tertiary/aromatic N) is 1. The van der Waals surface area contributed by atoms with Gasteiger partial charge < -0.3 is 15.0 Å². The van der Waals surface area contributed by atoms with E-state index in [2.05, 4.69) is 5.32 Å². The highest BCUT2D eigenvalue weighted by Crippen LogP contribution is 2.34. The molecule has 0 bridgehead atoms. The quantitative estimate of drug-likeness (QED) is 0.610. The van der Waals surface area contributed by atoms with Crippen molar-refractivity contribution in [3.63, 3.8) is 0 Å². The van der Waals surface area contributed by atoms with Crippen LogP contribution in [0.15, 0.2) is 36.4 Å². The highest BCUT2D eigenvalue weighted by Gasteiger charge is 2.36. The standard InChI is InChI=1S/C21H17Cl2F3N2O4/c1-11-2-4-14(8-16(11)23)28-9-12(6-19(28)30)20(31)32-10-18(29)27-17-7-13(21(24,25)26)3-5-15(17)22/h2-5,7-8,12H,6,9-10H2,1H3,(H,27,29)/t12-/m1/s1. The van der Waals surface area contributed by atoms with Crippen LogP contribution in [0.5, 0.6) is 0 Å². The summed E-state index contributed by atoms with van der Waals surface area (Å²) in [5.41, 5.74) is 0.124. The zero-order valence-electron chi connectivity index (χ0n) is 16.6. The van der Waals surface area contributed by atoms with Crippen molar-refractivity contribution in [2.45, 2.75) is 19.5 Å². The fourth-order valence-electron chi connectivity index (χ4n) is 3.10. The van der Waals surface area contributed by atoms with Gasteiger partial charge in [0.25, 0.3) is 5.91 Å². The number of benzene rings is 2. The van der Waals surface area contributed by atoms with E-state index in [1.165, 1.54) is 4.90 Å². The molecular formula is C21H17Cl2F3N2O4. The van der Waals surface area contributed by atoms with Crippen LogP contribution in [-0.2, 0) is 25.3 Å². The van der Waals surface area contributed by atoms with Crippen LogP contribution in [0.1, 0.15) is 17.5 Å². The fraction of sp³-hybridized carbons (Fsp3) is 0.286. The van der Waals surface area contributed by atoms with E-state index in [0.717, 1.165) is 17.7 Å². The van der Waals surface area contributed by atoms with E-state index in [-0.39, 0.29) is 29.6 Å². The number of carbonyl (C=O) groups excluding carboxylic acids is 3. The number of hydrogen-bond acceptors (Lipinski definition) is 4. The molecule has 1 atom stereocenters. The largest absolute Gasteiger partial charge is 0.455 e. The number of alkyl halides is 3. The first-order valence-electron chi connectivity index (χ1n) is 9.35. The summed E-state index contributed by atoms with van der Waals surface area (Å²) in [4.78, 5) is 38.1. The predicted molar refractivity (Wildman–Crippen MR) is 113 cm³/mol. The number of rotatable bonds is 5. The molecule has 0 saturated carbocycles. The van der Waals surface area contributed by atoms with Crippen molar-refractivity contribution in [1.29, 1.82) is 0 Å². The lowest BCUT2D eigenvalue weighted by Gasteiger charge is -2.17. The maximum atomic E-state index is 12.8. The van der Waals surface area contributed by atoms with Crippen LogP contribution in [0, 0.1) is 12.8 Å². The smallest absolute Gasteiger partial charge is 0.416 e. The van der Waals surface area contributed by atoms with E-state index in [9.17, 15) is 27.6 Å². The van der Waals surface area contributed by atoms with Gasteiger partial charge in [-0.3, -0.25) is 14.4 Å². The molecule has 1 N–H and O–H groups in total. The maximum Gasteiger partial charge on any atom is 0.416 e. The average molecular weight is 489 g/mol. The van der Waals surface area contributed by atoms with E-state index in [4.69, 9.17) is 27.9 Å². The summed E-state index contributed by atoms with van der Waals surface area (Å²) in [5.74, 6) is -2.74. The van der Waals surface area contributed by atoms with Gasteiger partial charge in [0.15, 0.2) is 6.61 Å². The minimum atomic E-state index is -4.61. The van der Waals surface area contributed by atoms with Crippen LogP contribution in [-0.4, -0.2) is 30.9 Å². The molecule has 1 aliphatic heterocycles. The summed E-state index contributed by atoms with van der Waals surface area (Å²) in [6.07, 6.45) is -4.72. The molecule has 2 aromatic rings. The van der Waals surface area contributed by atoms with Gasteiger partial charge in [0, 0.05) is 23.7 Å². The normalized spacial score (nSPS) is 16.2. The van der Waals surface area contributed by atoms with E-state index in [0.29, 0.717) is 16.8 Å². The Balaban J connectivity index is 1.57. The highest BCUT2D eigenvalue weighted by atomic mass is 35.5. The summed E-state index contributed by atoms with van der Waals surface area (Å²) in [6.45, 7) is 1.13. The molecule has 0 spiro atoms. The topological polar surface area (TPSA) is 75.7 Å². The number of anilines is 2. The molecule has 1 aliphatic rings. The second-order valence-electron chi connectivity index (χ2n) is 7.19. The van der Waals surface area contributed by atoms with Gasteiger partial charge in [-0.05, 0) is 42.8 Å². The second kappa shape index (κ2) is 9.38. The summed E-state index contributed by atoms with van der Waals surface area (Å²) in [7, 11) is 0. The van der Waals surface area contributed by atoms with Crippen molar-refractivity contribution >= 4 is 52.4 Å². The van der Waals surface area contributed by atoms with Gasteiger partial charge in [-0.2, -0.15) is 13.2 Å². The average Bonchev–Trinajstić information content (AvgIpc) is 3.11. The molecular weight excluding hydrogens is 472 g/mol. The number of aryl methyl sites for hydroxylation is 1. The Morgan fingerprint density at radius 1 is 1.16 bits per heavy atom. The first-order valence-corrected chi connectivity index (χ1v) is 10.1. The Bertz CT molecular complexity index is 1080. The minimum Gasteiger partial charge on any atom is -0.455 e. The second-order valence-corrected chi connectivity index (χ2v) is 8.00. The summed E-state index contributed by atoms with van der Waals surface area (Å²) in [6, 6.07) is 7.54. The van der Waals surface area contributed by atoms with Crippen molar-refractivity contribution < 1.29 is 32.3 Å². The third-order valence-corrected chi connectivity index (χ3v) is 5.58. The van der Waals surface area contributed by atoms with Gasteiger partial charge >= 0.3 is 12.1 Å². The molecule has 0 radical (unpaired) electrons. The van der Waals surface area contributed by atoms with Gasteiger partial charge in [-0.1, -0.05) is 29.3 Å². The Labute approximate surface area is 191 Å². The molecule has 0 aromatic heterocycles. The molecule has 1 saturated heterocycles. The van der Waals surface area contributed by atoms with E-state index >= 15 is 0 Å². The van der Waals surface area contributed by atoms with E-state index in [1.54, 1.807) is 18.2 Å². The molecule has 3 rings (SSSR count). The number of esters is 1. The molecule has 1 heterocycles. The Morgan fingerprint density at radius 3 is 2.53 bits per heavy atom. The van der Waals surface area contributed by atoms with Crippen LogP contribution in [0.4, 0.5) is 24.5 Å². The van der Waals surface area contributed by atoms with Gasteiger partial charge in [0.05, 0.1) is 22.2 Å². The van der Waals surface area contributed by atoms with Crippen LogP contribution in [0.2, 0.25) is 10.0 Å². The molecule has 6 nitrogen and oxygen atoms in total. The molecule has 1 fully saturated rings. The summed E-state index contributed by atoms with van der Waals surface area (Å²) >= 11 is 11.9. The van der Waals surface area contributed by atoms with Crippen molar-refractivity contribution in [1.82, 2.24) is 0 Å². The predicted octanol–water partition coefficient (Wildman–Crippen LogP) is 4.86. The summed E-state index contributed by atoms with van der Waals surface area (Å²) in [5, 5.41) is 2.56. The SMILES string of the molecule is Cc1ccc(N2C[C@H](C(=O)OCC(=O)Nc3cc(C(F)(F)F)ccc3Cl)CC2=O)cc1Cl. The number of nitrogens with one attached hydrogen (secondary N) is 1. The van der Waals surface area contributed by atoms with Crippen molar-refractivity contribution in [2.24, 2.45) is 5.92 Å². The van der Waals surface area contributed by atoms with Gasteiger partial charge in [0.2, 0.25) is 5.91 Å². The highest BCUT2D eigenvalue weighted by molar-refractivity contribution is 6.33. The minimum absolute atomic E-state index is 0.0537. The molecule has 0 unspecified atom stereocenters. The van der Waals surface area contributed by atoms with Crippen molar-refractivity contribution in [3.8, 4) is 0 Å². The van der Waals surface area contributed by atoms with Crippen molar-refractivity contribution in [2.75, 3.05) is 23.4 Å². The van der Waals surface area contributed by atoms with Gasteiger partial charge in [-0.15, -0.1) is 0 Å². The number of halogens is 5. The maximum absolute atomic E-state index is 12.8. The lowest BCUT2D eigenvalue weighted by atomic mass is 10.1. The first kappa shape index (κ1) is 23.9. The van der Waals surface area contributed by atoms with Crippen LogP contribution in [0.3, 0.4) is 0 Å². The number of hydrogen-bond donors (Lipinski definition) is 1. The summed E-state index contributed by atoms with van der Waals surface area (Å²) < 4.78 is 43.4. The lowest BCUT2D eigenvalue weighted by molar-refractivity contribution is -0.151. The third-order valence-electron chi connectivity index (χ3n) is 4.84. The number of ether oxygens (including phenoxy) is 1. The zero-order chi connectivity index (χ0) is 23.6. The van der Waals surface area contributed by atoms with Crippen molar-refractivity contribution in [3.05, 3.63) is 57.6 Å². The first-order chi connectivity index (χ1) is 15.0. The molecule has 2 amide bonds.